The SMILES string of the molecule is OCC1(NCc2ccsc2C(F)(F)F)CCOc2ccccc21. The third kappa shape index (κ3) is 3.08. The van der Waals surface area contributed by atoms with E-state index in [4.69, 9.17) is 4.74 Å². The Morgan fingerprint density at radius 3 is 2.78 bits per heavy atom. The monoisotopic (exact) mass is 343 g/mol. The van der Waals surface area contributed by atoms with E-state index in [1.54, 1.807) is 6.07 Å². The zero-order valence-electron chi connectivity index (χ0n) is 12.2. The van der Waals surface area contributed by atoms with Gasteiger partial charge >= 0.3 is 6.18 Å². The number of para-hydroxylation sites is 1. The van der Waals surface area contributed by atoms with Gasteiger partial charge in [-0.05, 0) is 23.1 Å². The summed E-state index contributed by atoms with van der Waals surface area (Å²) in [5.41, 5.74) is 0.177. The van der Waals surface area contributed by atoms with Gasteiger partial charge in [0.25, 0.3) is 0 Å². The van der Waals surface area contributed by atoms with Crippen molar-refractivity contribution in [2.24, 2.45) is 0 Å². The third-order valence-corrected chi connectivity index (χ3v) is 5.08. The second-order valence-electron chi connectivity index (χ2n) is 5.46. The second kappa shape index (κ2) is 6.14. The summed E-state index contributed by atoms with van der Waals surface area (Å²) in [5.74, 6) is 0.654. The summed E-state index contributed by atoms with van der Waals surface area (Å²) >= 11 is 0.683. The van der Waals surface area contributed by atoms with Crippen LogP contribution in [0.1, 0.15) is 22.4 Å². The van der Waals surface area contributed by atoms with Crippen LogP contribution in [-0.4, -0.2) is 18.3 Å². The number of thiophene rings is 1. The van der Waals surface area contributed by atoms with Gasteiger partial charge in [-0.2, -0.15) is 13.2 Å². The van der Waals surface area contributed by atoms with Gasteiger partial charge in [-0.25, -0.2) is 0 Å². The van der Waals surface area contributed by atoms with Crippen molar-refractivity contribution in [3.63, 3.8) is 0 Å². The van der Waals surface area contributed by atoms with Crippen molar-refractivity contribution < 1.29 is 23.0 Å². The molecule has 0 aliphatic carbocycles. The van der Waals surface area contributed by atoms with Crippen LogP contribution in [0, 0.1) is 0 Å². The number of nitrogens with one attached hydrogen (secondary N) is 1. The molecule has 0 spiro atoms. The van der Waals surface area contributed by atoms with Gasteiger partial charge in [0.1, 0.15) is 10.6 Å². The van der Waals surface area contributed by atoms with Crippen LogP contribution >= 0.6 is 11.3 Å². The Labute approximate surface area is 135 Å². The molecule has 1 aromatic carbocycles. The molecule has 0 bridgehead atoms. The van der Waals surface area contributed by atoms with Crippen LogP contribution in [0.2, 0.25) is 0 Å². The first kappa shape index (κ1) is 16.3. The highest BCUT2D eigenvalue weighted by molar-refractivity contribution is 7.10. The van der Waals surface area contributed by atoms with Crippen molar-refractivity contribution in [2.45, 2.75) is 24.7 Å². The Hall–Kier alpha value is -1.57. The van der Waals surface area contributed by atoms with Gasteiger partial charge in [0, 0.05) is 18.5 Å². The smallest absolute Gasteiger partial charge is 0.425 e. The van der Waals surface area contributed by atoms with E-state index in [0.29, 0.717) is 30.1 Å². The van der Waals surface area contributed by atoms with E-state index >= 15 is 0 Å². The van der Waals surface area contributed by atoms with Crippen LogP contribution < -0.4 is 10.1 Å². The van der Waals surface area contributed by atoms with E-state index in [1.807, 2.05) is 18.2 Å². The quantitative estimate of drug-likeness (QED) is 0.892. The van der Waals surface area contributed by atoms with Crippen molar-refractivity contribution in [3.05, 3.63) is 51.7 Å². The second-order valence-corrected chi connectivity index (χ2v) is 6.38. The predicted octanol–water partition coefficient (Wildman–Crippen LogP) is 3.53. The van der Waals surface area contributed by atoms with E-state index < -0.39 is 16.6 Å². The normalized spacial score (nSPS) is 20.9. The highest BCUT2D eigenvalue weighted by Gasteiger charge is 2.39. The number of alkyl halides is 3. The number of fused-ring (bicyclic) bond motifs is 1. The molecule has 124 valence electrons. The van der Waals surface area contributed by atoms with Crippen molar-refractivity contribution >= 4 is 11.3 Å². The summed E-state index contributed by atoms with van der Waals surface area (Å²) < 4.78 is 44.5. The van der Waals surface area contributed by atoms with Gasteiger partial charge in [0.05, 0.1) is 18.8 Å². The molecule has 1 aliphatic heterocycles. The maximum atomic E-state index is 13.0. The Bertz CT molecular complexity index is 686. The van der Waals surface area contributed by atoms with Crippen LogP contribution in [0.5, 0.6) is 5.75 Å². The molecule has 2 N–H and O–H groups in total. The first-order chi connectivity index (χ1) is 11.0. The maximum Gasteiger partial charge on any atom is 0.425 e. The van der Waals surface area contributed by atoms with E-state index in [2.05, 4.69) is 5.32 Å². The van der Waals surface area contributed by atoms with Gasteiger partial charge in [0.15, 0.2) is 0 Å². The molecule has 0 saturated carbocycles. The summed E-state index contributed by atoms with van der Waals surface area (Å²) in [4.78, 5) is -0.599. The lowest BCUT2D eigenvalue weighted by Crippen LogP contribution is -2.48. The van der Waals surface area contributed by atoms with E-state index in [1.165, 1.54) is 11.4 Å². The van der Waals surface area contributed by atoms with Gasteiger partial charge in [-0.3, -0.25) is 0 Å². The van der Waals surface area contributed by atoms with Crippen LogP contribution in [0.4, 0.5) is 13.2 Å². The molecule has 0 fully saturated rings. The summed E-state index contributed by atoms with van der Waals surface area (Å²) in [7, 11) is 0. The zero-order valence-corrected chi connectivity index (χ0v) is 13.0. The largest absolute Gasteiger partial charge is 0.493 e. The first-order valence-electron chi connectivity index (χ1n) is 7.18. The number of benzene rings is 1. The standard InChI is InChI=1S/C16H16F3NO2S/c17-16(18,19)14-11(5-8-23-14)9-20-15(10-21)6-7-22-13-4-2-1-3-12(13)15/h1-5,8,20-21H,6-7,9-10H2. The number of halogens is 3. The molecule has 3 rings (SSSR count). The average molecular weight is 343 g/mol. The number of aliphatic hydroxyl groups is 1. The van der Waals surface area contributed by atoms with E-state index in [0.717, 1.165) is 5.56 Å². The highest BCUT2D eigenvalue weighted by Crippen LogP contribution is 2.39. The van der Waals surface area contributed by atoms with Gasteiger partial charge in [0.2, 0.25) is 0 Å². The van der Waals surface area contributed by atoms with Crippen LogP contribution in [0.3, 0.4) is 0 Å². The fraction of sp³-hybridized carbons (Fsp3) is 0.375. The molecule has 1 atom stereocenters. The van der Waals surface area contributed by atoms with Crippen molar-refractivity contribution in [2.75, 3.05) is 13.2 Å². The lowest BCUT2D eigenvalue weighted by Gasteiger charge is -2.38. The lowest BCUT2D eigenvalue weighted by atomic mass is 9.85. The molecule has 23 heavy (non-hydrogen) atoms. The Morgan fingerprint density at radius 2 is 2.04 bits per heavy atom. The number of aliphatic hydroxyl groups excluding tert-OH is 1. The third-order valence-electron chi connectivity index (χ3n) is 4.08. The summed E-state index contributed by atoms with van der Waals surface area (Å²) in [6, 6.07) is 8.75. The van der Waals surface area contributed by atoms with Crippen LogP contribution in [0.25, 0.3) is 0 Å². The summed E-state index contributed by atoms with van der Waals surface area (Å²) in [6.07, 6.45) is -3.86. The van der Waals surface area contributed by atoms with E-state index in [-0.39, 0.29) is 18.7 Å². The molecule has 1 aromatic heterocycles. The fourth-order valence-electron chi connectivity index (χ4n) is 2.85. The topological polar surface area (TPSA) is 41.5 Å². The molecule has 0 amide bonds. The van der Waals surface area contributed by atoms with Crippen LogP contribution in [0.15, 0.2) is 35.7 Å². The molecule has 2 aromatic rings. The Balaban J connectivity index is 1.86. The summed E-state index contributed by atoms with van der Waals surface area (Å²) in [6.45, 7) is 0.229. The van der Waals surface area contributed by atoms with Gasteiger partial charge in [-0.15, -0.1) is 11.3 Å². The van der Waals surface area contributed by atoms with E-state index in [9.17, 15) is 18.3 Å². The number of ether oxygens (including phenoxy) is 1. The Morgan fingerprint density at radius 1 is 1.26 bits per heavy atom. The molecule has 0 radical (unpaired) electrons. The van der Waals surface area contributed by atoms with Gasteiger partial charge in [-0.1, -0.05) is 18.2 Å². The minimum Gasteiger partial charge on any atom is -0.493 e. The molecule has 7 heteroatoms. The molecule has 2 heterocycles. The Kier molecular flexibility index (Phi) is 4.35. The molecule has 0 saturated heterocycles. The zero-order chi connectivity index (χ0) is 16.5. The molecule has 1 unspecified atom stereocenters. The van der Waals surface area contributed by atoms with Gasteiger partial charge < -0.3 is 15.2 Å². The number of rotatable bonds is 4. The lowest BCUT2D eigenvalue weighted by molar-refractivity contribution is -0.135. The molecular formula is C16H16F3NO2S. The minimum atomic E-state index is -4.36. The molecular weight excluding hydrogens is 327 g/mol. The maximum absolute atomic E-state index is 13.0. The molecule has 3 nitrogen and oxygen atoms in total. The predicted molar refractivity (Wildman–Crippen MR) is 81.5 cm³/mol. The van der Waals surface area contributed by atoms with Crippen molar-refractivity contribution in [1.82, 2.24) is 5.32 Å². The number of hydrogen-bond acceptors (Lipinski definition) is 4. The number of hydrogen-bond donors (Lipinski definition) is 2. The van der Waals surface area contributed by atoms with Crippen molar-refractivity contribution in [3.8, 4) is 5.75 Å². The fourth-order valence-corrected chi connectivity index (χ4v) is 3.64. The molecule has 1 aliphatic rings. The van der Waals surface area contributed by atoms with Crippen LogP contribution in [-0.2, 0) is 18.3 Å². The minimum absolute atomic E-state index is 0.0350. The first-order valence-corrected chi connectivity index (χ1v) is 8.06. The average Bonchev–Trinajstić information content (AvgIpc) is 3.02. The highest BCUT2D eigenvalue weighted by atomic mass is 32.1. The van der Waals surface area contributed by atoms with Crippen molar-refractivity contribution in [1.29, 1.82) is 0 Å². The summed E-state index contributed by atoms with van der Waals surface area (Å²) in [5, 5.41) is 14.5.